The summed E-state index contributed by atoms with van der Waals surface area (Å²) in [5.74, 6) is 0.320. The maximum absolute atomic E-state index is 12.4. The highest BCUT2D eigenvalue weighted by molar-refractivity contribution is 5.85. The molecule has 1 aliphatic carbocycles. The summed E-state index contributed by atoms with van der Waals surface area (Å²) < 4.78 is 5.06. The van der Waals surface area contributed by atoms with Gasteiger partial charge in [0.15, 0.2) is 0 Å². The molecule has 1 amide bonds. The molecule has 1 saturated heterocycles. The highest BCUT2D eigenvalue weighted by Gasteiger charge is 2.46. The number of amides is 1. The van der Waals surface area contributed by atoms with Crippen LogP contribution in [0.3, 0.4) is 0 Å². The molecule has 0 unspecified atom stereocenters. The lowest BCUT2D eigenvalue weighted by atomic mass is 9.72. The van der Waals surface area contributed by atoms with Gasteiger partial charge in [-0.1, -0.05) is 30.3 Å². The number of benzene rings is 1. The minimum Gasteiger partial charge on any atom is -0.468 e. The molecule has 0 radical (unpaired) electrons. The Kier molecular flexibility index (Phi) is 3.70. The summed E-state index contributed by atoms with van der Waals surface area (Å²) >= 11 is 0. The average molecular weight is 287 g/mol. The molecule has 2 aliphatic rings. The topological polar surface area (TPSA) is 46.6 Å². The minimum absolute atomic E-state index is 0.188. The molecule has 1 aliphatic heterocycles. The van der Waals surface area contributed by atoms with Crippen molar-refractivity contribution in [2.45, 2.75) is 31.1 Å². The molecule has 4 heteroatoms. The molecular weight excluding hydrogens is 266 g/mol. The molecule has 0 spiro atoms. The highest BCUT2D eigenvalue weighted by atomic mass is 16.5. The van der Waals surface area contributed by atoms with Crippen molar-refractivity contribution in [1.29, 1.82) is 0 Å². The van der Waals surface area contributed by atoms with Gasteiger partial charge < -0.3 is 9.64 Å². The standard InChI is InChI=1S/C17H21NO3/c1-21-16(20)17(14-5-3-2-4-6-14)9-11-18(12-10-17)15(19)13-7-8-13/h2-6,13H,7-12H2,1H3. The SMILES string of the molecule is COC(=O)C1(c2ccccc2)CCN(C(=O)C2CC2)CC1. The van der Waals surface area contributed by atoms with Crippen LogP contribution < -0.4 is 0 Å². The predicted octanol–water partition coefficient (Wildman–Crippen LogP) is 2.13. The van der Waals surface area contributed by atoms with Crippen LogP contribution in [-0.4, -0.2) is 37.0 Å². The number of likely N-dealkylation sites (tertiary alicyclic amines) is 1. The molecule has 0 N–H and O–H groups in total. The Morgan fingerprint density at radius 2 is 1.76 bits per heavy atom. The number of piperidine rings is 1. The van der Waals surface area contributed by atoms with Crippen molar-refractivity contribution in [3.8, 4) is 0 Å². The summed E-state index contributed by atoms with van der Waals surface area (Å²) in [6, 6.07) is 9.80. The number of rotatable bonds is 3. The first-order chi connectivity index (χ1) is 10.2. The van der Waals surface area contributed by atoms with Crippen molar-refractivity contribution in [3.63, 3.8) is 0 Å². The van der Waals surface area contributed by atoms with E-state index in [0.717, 1.165) is 18.4 Å². The lowest BCUT2D eigenvalue weighted by Crippen LogP contribution is -2.49. The zero-order chi connectivity index (χ0) is 14.9. The van der Waals surface area contributed by atoms with E-state index in [-0.39, 0.29) is 17.8 Å². The molecule has 2 fully saturated rings. The van der Waals surface area contributed by atoms with Crippen LogP contribution in [0.2, 0.25) is 0 Å². The molecule has 1 heterocycles. The largest absolute Gasteiger partial charge is 0.468 e. The number of nitrogens with zero attached hydrogens (tertiary/aromatic N) is 1. The van der Waals surface area contributed by atoms with E-state index < -0.39 is 5.41 Å². The number of methoxy groups -OCH3 is 1. The minimum atomic E-state index is -0.601. The van der Waals surface area contributed by atoms with Gasteiger partial charge in [-0.05, 0) is 31.2 Å². The van der Waals surface area contributed by atoms with Crippen LogP contribution in [0.5, 0.6) is 0 Å². The van der Waals surface area contributed by atoms with E-state index >= 15 is 0 Å². The molecular formula is C17H21NO3. The second-order valence-electron chi connectivity index (χ2n) is 6.04. The summed E-state index contributed by atoms with van der Waals surface area (Å²) in [5, 5.41) is 0. The monoisotopic (exact) mass is 287 g/mol. The van der Waals surface area contributed by atoms with Gasteiger partial charge in [-0.2, -0.15) is 0 Å². The molecule has 3 rings (SSSR count). The lowest BCUT2D eigenvalue weighted by molar-refractivity contribution is -0.151. The first-order valence-corrected chi connectivity index (χ1v) is 7.60. The third-order valence-electron chi connectivity index (χ3n) is 4.76. The molecule has 0 aromatic heterocycles. The van der Waals surface area contributed by atoms with Gasteiger partial charge in [0.1, 0.15) is 0 Å². The quantitative estimate of drug-likeness (QED) is 0.800. The maximum Gasteiger partial charge on any atom is 0.316 e. The van der Waals surface area contributed by atoms with Gasteiger partial charge >= 0.3 is 5.97 Å². The van der Waals surface area contributed by atoms with Crippen LogP contribution in [-0.2, 0) is 19.7 Å². The van der Waals surface area contributed by atoms with Crippen LogP contribution in [0, 0.1) is 5.92 Å². The van der Waals surface area contributed by atoms with Crippen molar-refractivity contribution in [1.82, 2.24) is 4.90 Å². The van der Waals surface area contributed by atoms with Crippen molar-refractivity contribution in [2.75, 3.05) is 20.2 Å². The first kappa shape index (κ1) is 14.1. The summed E-state index contributed by atoms with van der Waals surface area (Å²) in [5.41, 5.74) is 0.395. The van der Waals surface area contributed by atoms with E-state index in [9.17, 15) is 9.59 Å². The van der Waals surface area contributed by atoms with Crippen LogP contribution in [0.15, 0.2) is 30.3 Å². The van der Waals surface area contributed by atoms with E-state index in [1.165, 1.54) is 7.11 Å². The molecule has 0 bridgehead atoms. The van der Waals surface area contributed by atoms with E-state index in [1.54, 1.807) is 0 Å². The molecule has 4 nitrogen and oxygen atoms in total. The van der Waals surface area contributed by atoms with Crippen LogP contribution in [0.1, 0.15) is 31.2 Å². The molecule has 0 atom stereocenters. The fourth-order valence-corrected chi connectivity index (χ4v) is 3.26. The molecule has 21 heavy (non-hydrogen) atoms. The third kappa shape index (κ3) is 2.55. The van der Waals surface area contributed by atoms with E-state index in [1.807, 2.05) is 35.2 Å². The van der Waals surface area contributed by atoms with Gasteiger partial charge in [-0.25, -0.2) is 0 Å². The van der Waals surface area contributed by atoms with Gasteiger partial charge in [0, 0.05) is 19.0 Å². The number of hydrogen-bond donors (Lipinski definition) is 0. The van der Waals surface area contributed by atoms with E-state index in [4.69, 9.17) is 4.74 Å². The lowest BCUT2D eigenvalue weighted by Gasteiger charge is -2.40. The number of esters is 1. The normalized spacial score (nSPS) is 20.9. The average Bonchev–Trinajstić information content (AvgIpc) is 3.39. The Balaban J connectivity index is 1.80. The van der Waals surface area contributed by atoms with Crippen LogP contribution >= 0.6 is 0 Å². The highest BCUT2D eigenvalue weighted by Crippen LogP contribution is 2.39. The second-order valence-corrected chi connectivity index (χ2v) is 6.04. The van der Waals surface area contributed by atoms with E-state index in [2.05, 4.69) is 0 Å². The number of ether oxygens (including phenoxy) is 1. The summed E-state index contributed by atoms with van der Waals surface area (Å²) in [6.45, 7) is 1.28. The molecule has 1 aromatic carbocycles. The Labute approximate surface area is 125 Å². The smallest absolute Gasteiger partial charge is 0.316 e. The van der Waals surface area contributed by atoms with Gasteiger partial charge in [0.25, 0.3) is 0 Å². The molecule has 1 aromatic rings. The van der Waals surface area contributed by atoms with Crippen LogP contribution in [0.4, 0.5) is 0 Å². The second kappa shape index (κ2) is 5.51. The van der Waals surface area contributed by atoms with Crippen molar-refractivity contribution in [3.05, 3.63) is 35.9 Å². The van der Waals surface area contributed by atoms with Crippen molar-refractivity contribution < 1.29 is 14.3 Å². The van der Waals surface area contributed by atoms with Gasteiger partial charge in [0.2, 0.25) is 5.91 Å². The summed E-state index contributed by atoms with van der Waals surface area (Å²) in [6.07, 6.45) is 3.33. The maximum atomic E-state index is 12.4. The fourth-order valence-electron chi connectivity index (χ4n) is 3.26. The van der Waals surface area contributed by atoms with Crippen molar-refractivity contribution >= 4 is 11.9 Å². The van der Waals surface area contributed by atoms with Gasteiger partial charge in [0.05, 0.1) is 12.5 Å². The number of hydrogen-bond acceptors (Lipinski definition) is 3. The Morgan fingerprint density at radius 1 is 1.14 bits per heavy atom. The van der Waals surface area contributed by atoms with Crippen LogP contribution in [0.25, 0.3) is 0 Å². The number of carbonyl (C=O) groups excluding carboxylic acids is 2. The summed E-state index contributed by atoms with van der Waals surface area (Å²) in [7, 11) is 1.44. The number of carbonyl (C=O) groups is 2. The Bertz CT molecular complexity index is 528. The fraction of sp³-hybridized carbons (Fsp3) is 0.529. The Morgan fingerprint density at radius 3 is 2.29 bits per heavy atom. The van der Waals surface area contributed by atoms with Crippen molar-refractivity contribution in [2.24, 2.45) is 5.92 Å². The predicted molar refractivity (Wildman–Crippen MR) is 78.7 cm³/mol. The third-order valence-corrected chi connectivity index (χ3v) is 4.76. The van der Waals surface area contributed by atoms with E-state index in [0.29, 0.717) is 25.9 Å². The van der Waals surface area contributed by atoms with Gasteiger partial charge in [-0.3, -0.25) is 9.59 Å². The zero-order valence-corrected chi connectivity index (χ0v) is 12.4. The Hall–Kier alpha value is -1.84. The zero-order valence-electron chi connectivity index (χ0n) is 12.4. The summed E-state index contributed by atoms with van der Waals surface area (Å²) in [4.78, 5) is 26.5. The molecule has 112 valence electrons. The first-order valence-electron chi connectivity index (χ1n) is 7.60. The van der Waals surface area contributed by atoms with Gasteiger partial charge in [-0.15, -0.1) is 0 Å². The molecule has 1 saturated carbocycles.